The number of amides is 3. The van der Waals surface area contributed by atoms with E-state index in [1.165, 1.54) is 4.90 Å². The van der Waals surface area contributed by atoms with Crippen molar-refractivity contribution in [2.45, 2.75) is 20.8 Å². The number of aromatic nitrogens is 2. The van der Waals surface area contributed by atoms with E-state index in [0.29, 0.717) is 40.3 Å². The number of benzene rings is 2. The Hall–Kier alpha value is -3.03. The second-order valence-electron chi connectivity index (χ2n) is 7.95. The van der Waals surface area contributed by atoms with E-state index in [1.54, 1.807) is 28.9 Å². The van der Waals surface area contributed by atoms with Gasteiger partial charge in [-0.3, -0.25) is 4.79 Å². The van der Waals surface area contributed by atoms with Crippen LogP contribution in [0.3, 0.4) is 0 Å². The Morgan fingerprint density at radius 1 is 1.06 bits per heavy atom. The summed E-state index contributed by atoms with van der Waals surface area (Å²) in [5.41, 5.74) is 2.22. The van der Waals surface area contributed by atoms with E-state index in [1.807, 2.05) is 51.1 Å². The molecule has 3 rings (SSSR count). The van der Waals surface area contributed by atoms with E-state index < -0.39 is 0 Å². The van der Waals surface area contributed by atoms with Gasteiger partial charge < -0.3 is 15.5 Å². The van der Waals surface area contributed by atoms with Gasteiger partial charge in [0.15, 0.2) is 0 Å². The molecule has 174 valence electrons. The number of halogens is 2. The molecule has 33 heavy (non-hydrogen) atoms. The van der Waals surface area contributed by atoms with Crippen molar-refractivity contribution in [1.82, 2.24) is 20.0 Å². The predicted octanol–water partition coefficient (Wildman–Crippen LogP) is 5.47. The third-order valence-corrected chi connectivity index (χ3v) is 5.47. The molecular formula is C24H27Cl2N5O2. The van der Waals surface area contributed by atoms with Gasteiger partial charge in [-0.05, 0) is 31.0 Å². The van der Waals surface area contributed by atoms with E-state index in [0.717, 1.165) is 5.56 Å². The summed E-state index contributed by atoms with van der Waals surface area (Å²) in [5, 5.41) is 11.1. The maximum atomic E-state index is 12.9. The van der Waals surface area contributed by atoms with Crippen molar-refractivity contribution in [3.05, 3.63) is 64.6 Å². The van der Waals surface area contributed by atoms with Crippen LogP contribution in [0.15, 0.2) is 54.6 Å². The Morgan fingerprint density at radius 2 is 1.79 bits per heavy atom. The summed E-state index contributed by atoms with van der Waals surface area (Å²) >= 11 is 12.3. The molecule has 2 N–H and O–H groups in total. The van der Waals surface area contributed by atoms with Crippen LogP contribution in [0.25, 0.3) is 16.9 Å². The van der Waals surface area contributed by atoms with E-state index in [9.17, 15) is 9.59 Å². The van der Waals surface area contributed by atoms with Crippen LogP contribution in [0.1, 0.15) is 20.8 Å². The molecule has 1 heterocycles. The SMILES string of the molecule is CCNC(=O)N(CC(=O)Nc1cc(-c2ccccc2)nn1-c1ccc(Cl)c(Cl)c1)CC(C)C. The molecule has 2 aromatic carbocycles. The van der Waals surface area contributed by atoms with Gasteiger partial charge in [0.25, 0.3) is 0 Å². The fourth-order valence-corrected chi connectivity index (χ4v) is 3.60. The largest absolute Gasteiger partial charge is 0.338 e. The molecule has 0 aliphatic heterocycles. The van der Waals surface area contributed by atoms with Crippen LogP contribution in [0, 0.1) is 5.92 Å². The summed E-state index contributed by atoms with van der Waals surface area (Å²) < 4.78 is 1.60. The van der Waals surface area contributed by atoms with Crippen LogP contribution >= 0.6 is 23.2 Å². The first-order chi connectivity index (χ1) is 15.8. The van der Waals surface area contributed by atoms with Gasteiger partial charge >= 0.3 is 6.03 Å². The van der Waals surface area contributed by atoms with Crippen molar-refractivity contribution in [3.63, 3.8) is 0 Å². The van der Waals surface area contributed by atoms with Gasteiger partial charge in [-0.15, -0.1) is 0 Å². The number of nitrogens with one attached hydrogen (secondary N) is 2. The molecule has 7 nitrogen and oxygen atoms in total. The maximum Gasteiger partial charge on any atom is 0.317 e. The Labute approximate surface area is 203 Å². The highest BCUT2D eigenvalue weighted by atomic mass is 35.5. The zero-order valence-corrected chi connectivity index (χ0v) is 20.3. The highest BCUT2D eigenvalue weighted by molar-refractivity contribution is 6.42. The fraction of sp³-hybridized carbons (Fsp3) is 0.292. The van der Waals surface area contributed by atoms with E-state index in [4.69, 9.17) is 23.2 Å². The molecule has 9 heteroatoms. The van der Waals surface area contributed by atoms with E-state index in [2.05, 4.69) is 15.7 Å². The lowest BCUT2D eigenvalue weighted by atomic mass is 10.1. The average molecular weight is 488 g/mol. The number of hydrogen-bond acceptors (Lipinski definition) is 3. The van der Waals surface area contributed by atoms with Gasteiger partial charge in [0.05, 0.1) is 21.4 Å². The van der Waals surface area contributed by atoms with Gasteiger partial charge in [0, 0.05) is 24.7 Å². The molecule has 0 aliphatic rings. The minimum absolute atomic E-state index is 0.0861. The number of urea groups is 1. The molecule has 0 bridgehead atoms. The fourth-order valence-electron chi connectivity index (χ4n) is 3.31. The van der Waals surface area contributed by atoms with Crippen LogP contribution in [0.5, 0.6) is 0 Å². The Balaban J connectivity index is 1.91. The van der Waals surface area contributed by atoms with Gasteiger partial charge in [-0.1, -0.05) is 67.4 Å². The number of carbonyl (C=O) groups excluding carboxylic acids is 2. The van der Waals surface area contributed by atoms with E-state index in [-0.39, 0.29) is 24.4 Å². The van der Waals surface area contributed by atoms with Crippen molar-refractivity contribution < 1.29 is 9.59 Å². The molecule has 3 aromatic rings. The normalized spacial score (nSPS) is 10.8. The van der Waals surface area contributed by atoms with Crippen LogP contribution in [0.2, 0.25) is 10.0 Å². The third-order valence-electron chi connectivity index (χ3n) is 4.73. The molecule has 0 saturated carbocycles. The molecular weight excluding hydrogens is 461 g/mol. The number of carbonyl (C=O) groups is 2. The number of anilines is 1. The van der Waals surface area contributed by atoms with Crippen LogP contribution in [0.4, 0.5) is 10.6 Å². The highest BCUT2D eigenvalue weighted by Crippen LogP contribution is 2.29. The summed E-state index contributed by atoms with van der Waals surface area (Å²) in [7, 11) is 0. The molecule has 0 aliphatic carbocycles. The minimum Gasteiger partial charge on any atom is -0.338 e. The Morgan fingerprint density at radius 3 is 2.42 bits per heavy atom. The van der Waals surface area contributed by atoms with Gasteiger partial charge in [0.2, 0.25) is 5.91 Å². The first kappa shape index (κ1) is 24.6. The second-order valence-corrected chi connectivity index (χ2v) is 8.76. The predicted molar refractivity (Wildman–Crippen MR) is 133 cm³/mol. The molecule has 0 fully saturated rings. The van der Waals surface area contributed by atoms with Gasteiger partial charge in [-0.2, -0.15) is 5.10 Å². The molecule has 0 radical (unpaired) electrons. The van der Waals surface area contributed by atoms with Crippen molar-refractivity contribution >= 4 is 41.0 Å². The van der Waals surface area contributed by atoms with Gasteiger partial charge in [0.1, 0.15) is 12.4 Å². The lowest BCUT2D eigenvalue weighted by Crippen LogP contribution is -2.45. The van der Waals surface area contributed by atoms with Crippen LogP contribution < -0.4 is 10.6 Å². The summed E-state index contributed by atoms with van der Waals surface area (Å²) in [6.07, 6.45) is 0. The lowest BCUT2D eigenvalue weighted by Gasteiger charge is -2.24. The van der Waals surface area contributed by atoms with Gasteiger partial charge in [-0.25, -0.2) is 9.48 Å². The van der Waals surface area contributed by atoms with Crippen LogP contribution in [-0.4, -0.2) is 46.3 Å². The van der Waals surface area contributed by atoms with Crippen molar-refractivity contribution in [2.24, 2.45) is 5.92 Å². The van der Waals surface area contributed by atoms with Crippen molar-refractivity contribution in [3.8, 4) is 16.9 Å². The monoisotopic (exact) mass is 487 g/mol. The first-order valence-electron chi connectivity index (χ1n) is 10.7. The second kappa shape index (κ2) is 11.2. The maximum absolute atomic E-state index is 12.9. The minimum atomic E-state index is -0.331. The lowest BCUT2D eigenvalue weighted by molar-refractivity contribution is -0.116. The zero-order valence-electron chi connectivity index (χ0n) is 18.8. The summed E-state index contributed by atoms with van der Waals surface area (Å²) in [6.45, 7) is 6.69. The number of rotatable bonds is 8. The topological polar surface area (TPSA) is 79.3 Å². The third kappa shape index (κ3) is 6.49. The van der Waals surface area contributed by atoms with Crippen molar-refractivity contribution in [1.29, 1.82) is 0 Å². The molecule has 0 unspecified atom stereocenters. The molecule has 3 amide bonds. The molecule has 1 aromatic heterocycles. The first-order valence-corrected chi connectivity index (χ1v) is 11.5. The quantitative estimate of drug-likeness (QED) is 0.441. The smallest absolute Gasteiger partial charge is 0.317 e. The molecule has 0 saturated heterocycles. The molecule has 0 atom stereocenters. The van der Waals surface area contributed by atoms with Crippen molar-refractivity contribution in [2.75, 3.05) is 25.0 Å². The zero-order chi connectivity index (χ0) is 24.0. The number of hydrogen-bond donors (Lipinski definition) is 2. The Kier molecular flexibility index (Phi) is 8.36. The summed E-state index contributed by atoms with van der Waals surface area (Å²) in [4.78, 5) is 26.8. The average Bonchev–Trinajstić information content (AvgIpc) is 3.19. The molecule has 0 spiro atoms. The van der Waals surface area contributed by atoms with E-state index >= 15 is 0 Å². The standard InChI is InChI=1S/C24H27Cl2N5O2/c1-4-27-24(33)30(14-16(2)3)15-23(32)28-22-13-21(17-8-6-5-7-9-17)29-31(22)18-10-11-19(25)20(26)12-18/h5-13,16H,4,14-15H2,1-3H3,(H,27,33)(H,28,32). The summed E-state index contributed by atoms with van der Waals surface area (Å²) in [6, 6.07) is 16.3. The Bertz CT molecular complexity index is 1120. The highest BCUT2D eigenvalue weighted by Gasteiger charge is 2.20. The summed E-state index contributed by atoms with van der Waals surface area (Å²) in [5.74, 6) is 0.340. The van der Waals surface area contributed by atoms with Crippen LogP contribution in [-0.2, 0) is 4.79 Å². The number of nitrogens with zero attached hydrogens (tertiary/aromatic N) is 3.